The molecule has 0 aromatic carbocycles. The first kappa shape index (κ1) is 15.7. The maximum absolute atomic E-state index is 12.4. The van der Waals surface area contributed by atoms with Crippen LogP contribution in [0.3, 0.4) is 0 Å². The van der Waals surface area contributed by atoms with Gasteiger partial charge in [0.2, 0.25) is 0 Å². The predicted molar refractivity (Wildman–Crippen MR) is 88.1 cm³/mol. The molecule has 2 atom stereocenters. The van der Waals surface area contributed by atoms with Crippen molar-refractivity contribution in [1.82, 2.24) is 4.90 Å². The summed E-state index contributed by atoms with van der Waals surface area (Å²) >= 11 is 8.45. The van der Waals surface area contributed by atoms with Crippen LogP contribution in [0.4, 0.5) is 0 Å². The lowest BCUT2D eigenvalue weighted by molar-refractivity contribution is 0.0851. The van der Waals surface area contributed by atoms with E-state index in [9.17, 15) is 4.79 Å². The van der Waals surface area contributed by atoms with E-state index in [0.29, 0.717) is 18.5 Å². The second kappa shape index (κ2) is 6.83. The number of hydrogen-bond acceptors (Lipinski definition) is 3. The molecule has 2 rings (SSSR count). The van der Waals surface area contributed by atoms with Crippen molar-refractivity contribution in [3.8, 4) is 0 Å². The molecule has 106 valence electrons. The standard InChI is InChI=1S/C14H19Br2NOS/c1-9-5-3-4-6-11(9)17(2)8-12(18)10-7-13(15)19-14(10)16/h7,9,11H,3-6,8H2,1-2H3. The molecule has 0 aliphatic heterocycles. The lowest BCUT2D eigenvalue weighted by Crippen LogP contribution is -2.41. The molecule has 0 N–H and O–H groups in total. The fourth-order valence-corrected chi connectivity index (χ4v) is 5.77. The third kappa shape index (κ3) is 3.90. The quantitative estimate of drug-likeness (QED) is 0.655. The molecule has 19 heavy (non-hydrogen) atoms. The number of Topliss-reactive ketones (excluding diaryl/α,β-unsaturated/α-hetero) is 1. The summed E-state index contributed by atoms with van der Waals surface area (Å²) in [4.78, 5) is 14.6. The van der Waals surface area contributed by atoms with Crippen LogP contribution in [0, 0.1) is 5.92 Å². The fourth-order valence-electron chi connectivity index (χ4n) is 2.91. The number of nitrogens with zero attached hydrogens (tertiary/aromatic N) is 1. The Balaban J connectivity index is 2.00. The van der Waals surface area contributed by atoms with E-state index < -0.39 is 0 Å². The highest BCUT2D eigenvalue weighted by molar-refractivity contribution is 9.12. The summed E-state index contributed by atoms with van der Waals surface area (Å²) in [7, 11) is 2.08. The molecule has 0 saturated heterocycles. The van der Waals surface area contributed by atoms with Crippen LogP contribution in [0.1, 0.15) is 43.0 Å². The van der Waals surface area contributed by atoms with Gasteiger partial charge in [-0.3, -0.25) is 9.69 Å². The topological polar surface area (TPSA) is 20.3 Å². The average molecular weight is 409 g/mol. The minimum atomic E-state index is 0.203. The minimum Gasteiger partial charge on any atom is -0.296 e. The van der Waals surface area contributed by atoms with Gasteiger partial charge in [0.15, 0.2) is 5.78 Å². The molecule has 2 unspecified atom stereocenters. The summed E-state index contributed by atoms with van der Waals surface area (Å²) in [6.07, 6.45) is 5.14. The molecule has 1 heterocycles. The molecule has 5 heteroatoms. The van der Waals surface area contributed by atoms with E-state index in [-0.39, 0.29) is 5.78 Å². The number of thiophene rings is 1. The lowest BCUT2D eigenvalue weighted by Gasteiger charge is -2.35. The van der Waals surface area contributed by atoms with Gasteiger partial charge in [-0.1, -0.05) is 19.8 Å². The third-order valence-electron chi connectivity index (χ3n) is 3.98. The zero-order valence-corrected chi connectivity index (χ0v) is 15.3. The Morgan fingerprint density at radius 1 is 1.42 bits per heavy atom. The van der Waals surface area contributed by atoms with Gasteiger partial charge in [0.05, 0.1) is 14.1 Å². The Morgan fingerprint density at radius 2 is 2.11 bits per heavy atom. The number of carbonyl (C=O) groups is 1. The van der Waals surface area contributed by atoms with E-state index in [1.807, 2.05) is 6.07 Å². The van der Waals surface area contributed by atoms with Crippen molar-refractivity contribution in [3.63, 3.8) is 0 Å². The van der Waals surface area contributed by atoms with Crippen LogP contribution in [-0.2, 0) is 0 Å². The van der Waals surface area contributed by atoms with Gasteiger partial charge < -0.3 is 0 Å². The smallest absolute Gasteiger partial charge is 0.178 e. The second-order valence-electron chi connectivity index (χ2n) is 5.41. The third-order valence-corrected chi connectivity index (χ3v) is 6.32. The highest BCUT2D eigenvalue weighted by atomic mass is 79.9. The molecule has 0 amide bonds. The molecule has 1 aliphatic carbocycles. The van der Waals surface area contributed by atoms with Gasteiger partial charge in [-0.25, -0.2) is 0 Å². The van der Waals surface area contributed by atoms with Gasteiger partial charge in [0.1, 0.15) is 0 Å². The molecule has 0 bridgehead atoms. The van der Waals surface area contributed by atoms with E-state index in [2.05, 4.69) is 50.7 Å². The number of likely N-dealkylation sites (N-methyl/N-ethyl adjacent to an activating group) is 1. The molecule has 1 saturated carbocycles. The van der Waals surface area contributed by atoms with E-state index in [0.717, 1.165) is 13.1 Å². The van der Waals surface area contributed by atoms with Crippen LogP contribution < -0.4 is 0 Å². The molecule has 0 spiro atoms. The van der Waals surface area contributed by atoms with Crippen LogP contribution >= 0.6 is 43.2 Å². The predicted octanol–water partition coefficient (Wildman–Crippen LogP) is 4.97. The Morgan fingerprint density at radius 3 is 2.68 bits per heavy atom. The van der Waals surface area contributed by atoms with Crippen molar-refractivity contribution >= 4 is 49.0 Å². The summed E-state index contributed by atoms with van der Waals surface area (Å²) < 4.78 is 1.92. The molecule has 1 aromatic heterocycles. The Bertz CT molecular complexity index is 460. The molecule has 1 aromatic rings. The molecule has 1 aliphatic rings. The van der Waals surface area contributed by atoms with Crippen LogP contribution in [0.15, 0.2) is 13.6 Å². The van der Waals surface area contributed by atoms with Crippen molar-refractivity contribution in [2.45, 2.75) is 38.6 Å². The van der Waals surface area contributed by atoms with Crippen molar-refractivity contribution in [2.75, 3.05) is 13.6 Å². The zero-order chi connectivity index (χ0) is 14.0. The van der Waals surface area contributed by atoms with Gasteiger partial charge in [-0.15, -0.1) is 11.3 Å². The zero-order valence-electron chi connectivity index (χ0n) is 11.3. The summed E-state index contributed by atoms with van der Waals surface area (Å²) in [6, 6.07) is 2.47. The van der Waals surface area contributed by atoms with E-state index in [4.69, 9.17) is 0 Å². The van der Waals surface area contributed by atoms with Crippen LogP contribution in [0.25, 0.3) is 0 Å². The maximum Gasteiger partial charge on any atom is 0.178 e. The number of hydrogen-bond donors (Lipinski definition) is 0. The van der Waals surface area contributed by atoms with Gasteiger partial charge in [0.25, 0.3) is 0 Å². The highest BCUT2D eigenvalue weighted by Gasteiger charge is 2.26. The lowest BCUT2D eigenvalue weighted by atomic mass is 9.85. The fraction of sp³-hybridized carbons (Fsp3) is 0.643. The van der Waals surface area contributed by atoms with Gasteiger partial charge in [-0.05, 0) is 63.7 Å². The van der Waals surface area contributed by atoms with Gasteiger partial charge in [-0.2, -0.15) is 0 Å². The highest BCUT2D eigenvalue weighted by Crippen LogP contribution is 2.33. The number of halogens is 2. The van der Waals surface area contributed by atoms with E-state index in [1.165, 1.54) is 25.7 Å². The summed E-state index contributed by atoms with van der Waals surface area (Å²) in [6.45, 7) is 2.82. The first-order valence-corrected chi connectivity index (χ1v) is 9.07. The normalized spacial score (nSPS) is 23.8. The van der Waals surface area contributed by atoms with Crippen molar-refractivity contribution in [2.24, 2.45) is 5.92 Å². The summed E-state index contributed by atoms with van der Waals surface area (Å²) in [5.74, 6) is 0.901. The van der Waals surface area contributed by atoms with E-state index >= 15 is 0 Å². The van der Waals surface area contributed by atoms with Crippen molar-refractivity contribution in [1.29, 1.82) is 0 Å². The summed E-state index contributed by atoms with van der Waals surface area (Å²) in [5.41, 5.74) is 0.798. The average Bonchev–Trinajstić information content (AvgIpc) is 2.69. The van der Waals surface area contributed by atoms with Crippen LogP contribution in [0.2, 0.25) is 0 Å². The second-order valence-corrected chi connectivity index (χ2v) is 9.15. The monoisotopic (exact) mass is 407 g/mol. The van der Waals surface area contributed by atoms with Crippen molar-refractivity contribution < 1.29 is 4.79 Å². The number of carbonyl (C=O) groups excluding carboxylic acids is 1. The van der Waals surface area contributed by atoms with Gasteiger partial charge in [0, 0.05) is 11.6 Å². The molecule has 0 radical (unpaired) electrons. The minimum absolute atomic E-state index is 0.203. The van der Waals surface area contributed by atoms with Crippen LogP contribution in [0.5, 0.6) is 0 Å². The van der Waals surface area contributed by atoms with E-state index in [1.54, 1.807) is 11.3 Å². The number of rotatable bonds is 4. The molecular formula is C14H19Br2NOS. The maximum atomic E-state index is 12.4. The molecule has 1 fully saturated rings. The van der Waals surface area contributed by atoms with Gasteiger partial charge >= 0.3 is 0 Å². The van der Waals surface area contributed by atoms with Crippen LogP contribution in [-0.4, -0.2) is 30.3 Å². The first-order valence-electron chi connectivity index (χ1n) is 6.67. The number of ketones is 1. The Hall–Kier alpha value is 0.290. The summed E-state index contributed by atoms with van der Waals surface area (Å²) in [5, 5.41) is 0. The first-order chi connectivity index (χ1) is 8.99. The van der Waals surface area contributed by atoms with Crippen molar-refractivity contribution in [3.05, 3.63) is 19.2 Å². The SMILES string of the molecule is CC1CCCCC1N(C)CC(=O)c1cc(Br)sc1Br. The Kier molecular flexibility index (Phi) is 5.64. The molecular weight excluding hydrogens is 390 g/mol. The Labute approximate surface area is 135 Å². The molecule has 2 nitrogen and oxygen atoms in total. The largest absolute Gasteiger partial charge is 0.296 e.